The molecular weight excluding hydrogens is 273 g/mol. The van der Waals surface area contributed by atoms with E-state index >= 15 is 0 Å². The van der Waals surface area contributed by atoms with Crippen LogP contribution >= 0.6 is 19.3 Å². The Bertz CT molecular complexity index is 306. The lowest BCUT2D eigenvalue weighted by Crippen LogP contribution is -2.20. The van der Waals surface area contributed by atoms with Crippen molar-refractivity contribution in [3.63, 3.8) is 0 Å². The summed E-state index contributed by atoms with van der Waals surface area (Å²) < 4.78 is 25.4. The molecule has 0 bridgehead atoms. The molecule has 0 saturated carbocycles. The van der Waals surface area contributed by atoms with Gasteiger partial charge in [0.1, 0.15) is 0 Å². The van der Waals surface area contributed by atoms with Gasteiger partial charge in [0, 0.05) is 18.1 Å². The highest BCUT2D eigenvalue weighted by atomic mass is 35.5. The second kappa shape index (κ2) is 8.34. The smallest absolute Gasteiger partial charge is 0.297 e. The first-order chi connectivity index (χ1) is 8.58. The van der Waals surface area contributed by atoms with E-state index in [1.165, 1.54) is 0 Å². The maximum atomic E-state index is 12.7. The first kappa shape index (κ1) is 16.2. The van der Waals surface area contributed by atoms with Crippen molar-refractivity contribution < 1.29 is 13.6 Å². The van der Waals surface area contributed by atoms with Crippen molar-refractivity contribution in [3.05, 3.63) is 11.6 Å². The second-order valence-electron chi connectivity index (χ2n) is 4.46. The number of hydrogen-bond donors (Lipinski definition) is 0. The van der Waals surface area contributed by atoms with Crippen LogP contribution < -0.4 is 0 Å². The van der Waals surface area contributed by atoms with Crippen molar-refractivity contribution in [2.24, 2.45) is 0 Å². The number of rotatable bonds is 9. The van der Waals surface area contributed by atoms with Gasteiger partial charge in [-0.2, -0.15) is 0 Å². The molecule has 106 valence electrons. The van der Waals surface area contributed by atoms with Gasteiger partial charge in [-0.05, 0) is 19.3 Å². The van der Waals surface area contributed by atoms with Crippen molar-refractivity contribution >= 4 is 19.3 Å². The minimum Gasteiger partial charge on any atom is -0.297 e. The molecule has 4 nitrogen and oxygen atoms in total. The molecule has 18 heavy (non-hydrogen) atoms. The molecule has 6 heteroatoms. The molecule has 1 fully saturated rings. The van der Waals surface area contributed by atoms with Gasteiger partial charge >= 0.3 is 7.75 Å². The summed E-state index contributed by atoms with van der Waals surface area (Å²) in [5.74, 6) is 0. The average Bonchev–Trinajstić information content (AvgIpc) is 2.86. The van der Waals surface area contributed by atoms with Crippen LogP contribution in [-0.4, -0.2) is 31.0 Å². The third-order valence-corrected chi connectivity index (χ3v) is 4.98. The maximum Gasteiger partial charge on any atom is 0.408 e. The van der Waals surface area contributed by atoms with E-state index in [1.54, 1.807) is 4.67 Å². The Hall–Kier alpha value is 0.140. The minimum atomic E-state index is -3.17. The van der Waals surface area contributed by atoms with E-state index in [4.69, 9.17) is 20.6 Å². The summed E-state index contributed by atoms with van der Waals surface area (Å²) in [6, 6.07) is 0. The lowest BCUT2D eigenvalue weighted by Gasteiger charge is -2.26. The predicted octanol–water partition coefficient (Wildman–Crippen LogP) is 4.17. The van der Waals surface area contributed by atoms with Crippen molar-refractivity contribution in [2.75, 3.05) is 26.3 Å². The van der Waals surface area contributed by atoms with Gasteiger partial charge < -0.3 is 0 Å². The predicted molar refractivity (Wildman–Crippen MR) is 74.8 cm³/mol. The van der Waals surface area contributed by atoms with E-state index in [-0.39, 0.29) is 6.61 Å². The molecule has 0 N–H and O–H groups in total. The van der Waals surface area contributed by atoms with Crippen molar-refractivity contribution in [1.29, 1.82) is 0 Å². The van der Waals surface area contributed by atoms with Gasteiger partial charge in [0.25, 0.3) is 0 Å². The van der Waals surface area contributed by atoms with Gasteiger partial charge in [0.05, 0.1) is 13.2 Å². The Labute approximate surface area is 115 Å². The average molecular weight is 296 g/mol. The minimum absolute atomic E-state index is 0.0725. The monoisotopic (exact) mass is 295 g/mol. The fraction of sp³-hybridized carbons (Fsp3) is 0.833. The Morgan fingerprint density at radius 1 is 1.33 bits per heavy atom. The third kappa shape index (κ3) is 5.41. The van der Waals surface area contributed by atoms with Crippen LogP contribution in [0.25, 0.3) is 0 Å². The van der Waals surface area contributed by atoms with Crippen LogP contribution in [0.3, 0.4) is 0 Å². The third-order valence-electron chi connectivity index (χ3n) is 2.82. The summed E-state index contributed by atoms with van der Waals surface area (Å²) in [6.45, 7) is 7.73. The van der Waals surface area contributed by atoms with Gasteiger partial charge in [0.2, 0.25) is 0 Å². The van der Waals surface area contributed by atoms with Gasteiger partial charge in [-0.1, -0.05) is 37.9 Å². The van der Waals surface area contributed by atoms with Crippen molar-refractivity contribution in [3.8, 4) is 0 Å². The Morgan fingerprint density at radius 2 is 2.00 bits per heavy atom. The fourth-order valence-electron chi connectivity index (χ4n) is 1.83. The van der Waals surface area contributed by atoms with E-state index < -0.39 is 7.75 Å². The summed E-state index contributed by atoms with van der Waals surface area (Å²) in [5.41, 5.74) is 0. The lowest BCUT2D eigenvalue weighted by atomic mass is 10.3. The molecule has 1 aliphatic heterocycles. The van der Waals surface area contributed by atoms with E-state index in [0.717, 1.165) is 45.2 Å². The maximum absolute atomic E-state index is 12.7. The number of unbranched alkanes of at least 4 members (excludes halogenated alkanes) is 2. The fourth-order valence-corrected chi connectivity index (χ4v) is 3.81. The standard InChI is InChI=1S/C12H23ClNO3P/c1-3-4-7-10-16-18(15,17-11-12(2)13)14-8-5-6-9-14/h2-11H2,1H3. The molecule has 1 rings (SSSR count). The molecule has 0 spiro atoms. The molecule has 1 aliphatic rings. The number of nitrogens with zero attached hydrogens (tertiary/aromatic N) is 1. The summed E-state index contributed by atoms with van der Waals surface area (Å²) in [7, 11) is -3.17. The van der Waals surface area contributed by atoms with Gasteiger partial charge in [-0.15, -0.1) is 0 Å². The first-order valence-electron chi connectivity index (χ1n) is 6.56. The highest BCUT2D eigenvalue weighted by molar-refractivity contribution is 7.51. The van der Waals surface area contributed by atoms with Gasteiger partial charge in [-0.25, -0.2) is 9.24 Å². The Kier molecular flexibility index (Phi) is 7.50. The lowest BCUT2D eigenvalue weighted by molar-refractivity contribution is 0.172. The molecule has 1 heterocycles. The Balaban J connectivity index is 2.49. The van der Waals surface area contributed by atoms with Crippen molar-refractivity contribution in [1.82, 2.24) is 4.67 Å². The van der Waals surface area contributed by atoms with E-state index in [2.05, 4.69) is 13.5 Å². The van der Waals surface area contributed by atoms with E-state index in [0.29, 0.717) is 11.6 Å². The Morgan fingerprint density at radius 3 is 2.56 bits per heavy atom. The quantitative estimate of drug-likeness (QED) is 0.473. The molecule has 0 aromatic carbocycles. The van der Waals surface area contributed by atoms with Gasteiger partial charge in [-0.3, -0.25) is 9.05 Å². The van der Waals surface area contributed by atoms with E-state index in [9.17, 15) is 4.57 Å². The highest BCUT2D eigenvalue weighted by Crippen LogP contribution is 2.53. The van der Waals surface area contributed by atoms with Crippen LogP contribution in [0.5, 0.6) is 0 Å². The van der Waals surface area contributed by atoms with Crippen LogP contribution in [0.4, 0.5) is 0 Å². The van der Waals surface area contributed by atoms with Gasteiger partial charge in [0.15, 0.2) is 0 Å². The molecule has 0 aromatic rings. The highest BCUT2D eigenvalue weighted by Gasteiger charge is 2.35. The normalized spacial score (nSPS) is 19.9. The molecule has 1 unspecified atom stereocenters. The molecule has 0 amide bonds. The largest absolute Gasteiger partial charge is 0.408 e. The zero-order valence-corrected chi connectivity index (χ0v) is 12.7. The topological polar surface area (TPSA) is 38.8 Å². The summed E-state index contributed by atoms with van der Waals surface area (Å²) >= 11 is 5.66. The zero-order chi connectivity index (χ0) is 13.4. The van der Waals surface area contributed by atoms with E-state index in [1.807, 2.05) is 0 Å². The molecular formula is C12H23ClNO3P. The number of hydrogen-bond acceptors (Lipinski definition) is 3. The summed E-state index contributed by atoms with van der Waals surface area (Å²) in [6.07, 6.45) is 5.15. The second-order valence-corrected chi connectivity index (χ2v) is 7.01. The summed E-state index contributed by atoms with van der Waals surface area (Å²) in [5, 5.41) is 0.339. The zero-order valence-electron chi connectivity index (χ0n) is 11.1. The van der Waals surface area contributed by atoms with Crippen molar-refractivity contribution in [2.45, 2.75) is 39.0 Å². The molecule has 0 aliphatic carbocycles. The first-order valence-corrected chi connectivity index (χ1v) is 8.43. The molecule has 1 saturated heterocycles. The SMILES string of the molecule is C=C(Cl)COP(=O)(OCCCCC)N1CCCC1. The van der Waals surface area contributed by atoms with Crippen LogP contribution in [0, 0.1) is 0 Å². The summed E-state index contributed by atoms with van der Waals surface area (Å²) in [4.78, 5) is 0. The van der Waals surface area contributed by atoms with Crippen LogP contribution in [0.1, 0.15) is 39.0 Å². The van der Waals surface area contributed by atoms with Crippen LogP contribution in [0.15, 0.2) is 11.6 Å². The van der Waals surface area contributed by atoms with Crippen LogP contribution in [0.2, 0.25) is 0 Å². The molecule has 0 radical (unpaired) electrons. The molecule has 0 aromatic heterocycles. The number of halogens is 1. The van der Waals surface area contributed by atoms with Crippen LogP contribution in [-0.2, 0) is 13.6 Å². The molecule has 1 atom stereocenters.